The van der Waals surface area contributed by atoms with E-state index in [0.29, 0.717) is 0 Å². The topological polar surface area (TPSA) is 42.7 Å². The molecule has 0 atom stereocenters. The van der Waals surface area contributed by atoms with Crippen LogP contribution in [-0.2, 0) is 0 Å². The zero-order valence-corrected chi connectivity index (χ0v) is 79.1. The summed E-state index contributed by atoms with van der Waals surface area (Å²) in [6.07, 6.45) is 0. The van der Waals surface area contributed by atoms with Gasteiger partial charge in [-0.3, -0.25) is 0 Å². The average molecular weight is 1850 g/mol. The van der Waals surface area contributed by atoms with Gasteiger partial charge < -0.3 is 31.8 Å². The number of hydrogen-bond acceptors (Lipinski definition) is 1. The van der Waals surface area contributed by atoms with Crippen molar-refractivity contribution in [3.63, 3.8) is 0 Å². The number of aromatic nitrogens is 6. The minimum Gasteiger partial charge on any atom is -0.455 e. The summed E-state index contributed by atoms with van der Waals surface area (Å²) in [5.41, 5.74) is 40.2. The van der Waals surface area contributed by atoms with E-state index in [9.17, 15) is 0 Å². The first-order chi connectivity index (χ1) is 71.9. The Balaban J connectivity index is 0.000000106. The van der Waals surface area contributed by atoms with Crippen LogP contribution in [0.2, 0.25) is 0 Å². The van der Waals surface area contributed by atoms with E-state index in [1.54, 1.807) is 0 Å². The van der Waals surface area contributed by atoms with Gasteiger partial charge in [0.1, 0.15) is 11.2 Å². The van der Waals surface area contributed by atoms with Crippen LogP contribution in [-0.4, -0.2) is 27.4 Å². The van der Waals surface area contributed by atoms with Crippen molar-refractivity contribution < 1.29 is 4.42 Å². The Morgan fingerprint density at radius 2 is 0.297 bits per heavy atom. The predicted molar refractivity (Wildman–Crippen MR) is 611 cm³/mol. The van der Waals surface area contributed by atoms with E-state index in [1.165, 1.54) is 220 Å². The van der Waals surface area contributed by atoms with Crippen molar-refractivity contribution >= 4 is 153 Å². The lowest BCUT2D eigenvalue weighted by Gasteiger charge is -2.10. The number of para-hydroxylation sites is 11. The lowest BCUT2D eigenvalue weighted by molar-refractivity contribution is 0.670. The van der Waals surface area contributed by atoms with Gasteiger partial charge in [0.05, 0.1) is 66.2 Å². The van der Waals surface area contributed by atoms with Gasteiger partial charge in [-0.1, -0.05) is 352 Å². The first-order valence-electron chi connectivity index (χ1n) is 49.7. The molecule has 7 heterocycles. The lowest BCUT2D eigenvalue weighted by atomic mass is 9.98. The SMILES string of the molecule is c1ccc(-c2ccc(-c3ccc4c(c3)c3cc(-c5ccc6c(c5)c5ccccc5n6-c5ccccc5)ccc3n4-c3ccccc3)cc2)cc1.c1ccc(-c2ccc(-n3c4ccccc4c4cc(-c5ccc6c(c5)c5ccccc5n6-c5ccccc5)ccc43)cc2)cc1.c1ccc(-n2c3ccccc3c3cc(-c4ccc5c(c4)c4ccccc4n5-c4ccc(-c5cccc6c5oc5ccccc56)cc4)ccc32)cc1. The van der Waals surface area contributed by atoms with Crippen molar-refractivity contribution in [1.29, 1.82) is 0 Å². The van der Waals surface area contributed by atoms with Gasteiger partial charge in [0.25, 0.3) is 0 Å². The maximum Gasteiger partial charge on any atom is 0.143 e. The molecule has 0 aliphatic carbocycles. The summed E-state index contributed by atoms with van der Waals surface area (Å²) in [5, 5.41) is 17.4. The van der Waals surface area contributed by atoms with Gasteiger partial charge >= 0.3 is 0 Å². The number of nitrogens with zero attached hydrogens (tertiary/aromatic N) is 6. The highest BCUT2D eigenvalue weighted by atomic mass is 16.3. The molecule has 0 spiro atoms. The standard InChI is InChI=1S/C48H30N2O.C48H32N2.C42H28N2/c1-2-11-34(12-3-1)49-43-18-7-4-13-37(43)41-29-32(23-27-45(41)49)33-24-28-46-42(30-33)38-14-5-8-19-44(38)50(46)35-25-21-31(22-26-35)36-16-10-17-40-39-15-6-9-20-47(39)51-48(36)40;1-4-12-33(13-5-1)34-20-22-35(23-21-34)36-24-27-47-43(30-36)44-32-38(26-29-48(44)50(47)40-16-8-3-9-17-40)37-25-28-46-42(31-37)41-18-10-11-19-45(41)49(46)39-14-6-2-7-15-39;1-3-11-29(12-4-1)30-19-23-34(24-20-30)44-40-18-10-8-16-36(40)38-28-32(22-26-42(38)44)31-21-25-41-37(27-31)35-15-7-9-17-39(35)43(41)33-13-5-2-6-14-33/h1-30H;1-32H;1-28H. The number of hydrogen-bond donors (Lipinski definition) is 0. The van der Waals surface area contributed by atoms with Crippen LogP contribution in [0, 0.1) is 0 Å². The zero-order valence-electron chi connectivity index (χ0n) is 79.1. The molecule has 0 aliphatic heterocycles. The summed E-state index contributed by atoms with van der Waals surface area (Å²) in [7, 11) is 0. The van der Waals surface area contributed by atoms with Crippen molar-refractivity contribution in [2.24, 2.45) is 0 Å². The third kappa shape index (κ3) is 14.3. The molecule has 7 aromatic heterocycles. The molecule has 678 valence electrons. The molecule has 0 radical (unpaired) electrons. The number of furan rings is 1. The van der Waals surface area contributed by atoms with Gasteiger partial charge in [0.2, 0.25) is 0 Å². The fraction of sp³-hybridized carbons (Fsp3) is 0. The molecule has 0 aliphatic rings. The Kier molecular flexibility index (Phi) is 20.2. The molecule has 0 saturated carbocycles. The van der Waals surface area contributed by atoms with E-state index in [-0.39, 0.29) is 0 Å². The van der Waals surface area contributed by atoms with Crippen molar-refractivity contribution in [2.75, 3.05) is 0 Å². The highest BCUT2D eigenvalue weighted by Crippen LogP contribution is 2.47. The number of rotatable bonds is 13. The molecule has 7 nitrogen and oxygen atoms in total. The van der Waals surface area contributed by atoms with Crippen LogP contribution >= 0.6 is 0 Å². The second kappa shape index (κ2) is 34.9. The Hall–Kier alpha value is -19.3. The minimum atomic E-state index is 0.917. The van der Waals surface area contributed by atoms with Crippen LogP contribution in [0.4, 0.5) is 0 Å². The van der Waals surface area contributed by atoms with Gasteiger partial charge in [0, 0.05) is 115 Å². The maximum absolute atomic E-state index is 6.36. The summed E-state index contributed by atoms with van der Waals surface area (Å²) in [6, 6.07) is 197. The van der Waals surface area contributed by atoms with E-state index in [1.807, 2.05) is 12.1 Å². The molecule has 0 N–H and O–H groups in total. The summed E-state index contributed by atoms with van der Waals surface area (Å²) < 4.78 is 20.6. The highest BCUT2D eigenvalue weighted by Gasteiger charge is 2.24. The monoisotopic (exact) mass is 1850 g/mol. The molecule has 23 aromatic carbocycles. The largest absolute Gasteiger partial charge is 0.455 e. The van der Waals surface area contributed by atoms with E-state index in [4.69, 9.17) is 4.42 Å². The smallest absolute Gasteiger partial charge is 0.143 e. The first kappa shape index (κ1) is 83.8. The van der Waals surface area contributed by atoms with E-state index in [0.717, 1.165) is 44.4 Å². The van der Waals surface area contributed by atoms with Crippen LogP contribution in [0.5, 0.6) is 0 Å². The third-order valence-corrected chi connectivity index (χ3v) is 29.6. The van der Waals surface area contributed by atoms with Crippen LogP contribution < -0.4 is 0 Å². The van der Waals surface area contributed by atoms with Gasteiger partial charge in [-0.05, 0) is 266 Å². The average Bonchev–Trinajstić information content (AvgIpc) is 1.56. The molecule has 30 aromatic rings. The maximum atomic E-state index is 6.36. The molecule has 0 fully saturated rings. The van der Waals surface area contributed by atoms with Crippen LogP contribution in [0.25, 0.3) is 265 Å². The molecule has 145 heavy (non-hydrogen) atoms. The summed E-state index contributed by atoms with van der Waals surface area (Å²) in [4.78, 5) is 0. The van der Waals surface area contributed by atoms with Gasteiger partial charge in [-0.15, -0.1) is 0 Å². The molecule has 0 unspecified atom stereocenters. The second-order valence-corrected chi connectivity index (χ2v) is 37.7. The Morgan fingerprint density at radius 3 is 0.586 bits per heavy atom. The van der Waals surface area contributed by atoms with E-state index < -0.39 is 0 Å². The molecule has 30 rings (SSSR count). The van der Waals surface area contributed by atoms with E-state index >= 15 is 0 Å². The summed E-state index contributed by atoms with van der Waals surface area (Å²) in [6.45, 7) is 0. The Morgan fingerprint density at radius 1 is 0.110 bits per heavy atom. The van der Waals surface area contributed by atoms with Crippen LogP contribution in [0.3, 0.4) is 0 Å². The normalized spacial score (nSPS) is 11.7. The Bertz CT molecular complexity index is 10300. The van der Waals surface area contributed by atoms with Crippen LogP contribution in [0.15, 0.2) is 550 Å². The Labute approximate surface area is 836 Å². The quantitative estimate of drug-likeness (QED) is 0.113. The molecule has 0 amide bonds. The van der Waals surface area contributed by atoms with Gasteiger partial charge in [0.15, 0.2) is 0 Å². The first-order valence-corrected chi connectivity index (χ1v) is 49.7. The zero-order chi connectivity index (χ0) is 95.5. The van der Waals surface area contributed by atoms with Crippen molar-refractivity contribution in [2.45, 2.75) is 0 Å². The minimum absolute atomic E-state index is 0.917. The fourth-order valence-corrected chi connectivity index (χ4v) is 22.8. The summed E-state index contributed by atoms with van der Waals surface area (Å²) >= 11 is 0. The van der Waals surface area contributed by atoms with Crippen molar-refractivity contribution in [1.82, 2.24) is 27.4 Å². The van der Waals surface area contributed by atoms with Crippen molar-refractivity contribution in [3.8, 4) is 112 Å². The van der Waals surface area contributed by atoms with E-state index in [2.05, 4.69) is 561 Å². The molecule has 7 heteroatoms. The van der Waals surface area contributed by atoms with Crippen molar-refractivity contribution in [3.05, 3.63) is 546 Å². The number of benzene rings is 23. The fourth-order valence-electron chi connectivity index (χ4n) is 22.8. The summed E-state index contributed by atoms with van der Waals surface area (Å²) in [5.74, 6) is 0. The van der Waals surface area contributed by atoms with Gasteiger partial charge in [-0.2, -0.15) is 0 Å². The molecular weight excluding hydrogens is 1760 g/mol. The molecule has 0 bridgehead atoms. The third-order valence-electron chi connectivity index (χ3n) is 29.6. The second-order valence-electron chi connectivity index (χ2n) is 37.7. The molecular formula is C138H90N6O. The predicted octanol–water partition coefficient (Wildman–Crippen LogP) is 37.2. The highest BCUT2D eigenvalue weighted by molar-refractivity contribution is 6.18. The molecule has 0 saturated heterocycles. The number of fused-ring (bicyclic) bond motifs is 21. The van der Waals surface area contributed by atoms with Crippen LogP contribution in [0.1, 0.15) is 0 Å². The lowest BCUT2D eigenvalue weighted by Crippen LogP contribution is -1.94. The van der Waals surface area contributed by atoms with Gasteiger partial charge in [-0.25, -0.2) is 0 Å².